The van der Waals surface area contributed by atoms with E-state index in [1.807, 2.05) is 0 Å². The summed E-state index contributed by atoms with van der Waals surface area (Å²) in [5, 5.41) is 16.7. The summed E-state index contributed by atoms with van der Waals surface area (Å²) in [6.07, 6.45) is 4.67. The lowest BCUT2D eigenvalue weighted by atomic mass is 9.61. The predicted octanol–water partition coefficient (Wildman–Crippen LogP) is -0.683. The average molecular weight is 462 g/mol. The Labute approximate surface area is 194 Å². The van der Waals surface area contributed by atoms with Gasteiger partial charge in [-0.15, -0.1) is 5.10 Å². The van der Waals surface area contributed by atoms with E-state index < -0.39 is 0 Å². The molecule has 182 valence electrons. The third-order valence-electron chi connectivity index (χ3n) is 6.63. The Balaban J connectivity index is 1.84. The third-order valence-corrected chi connectivity index (χ3v) is 6.63. The zero-order valence-corrected chi connectivity index (χ0v) is 19.9. The number of fused-ring (bicyclic) bond motifs is 3. The van der Waals surface area contributed by atoms with E-state index >= 15 is 0 Å². The molecule has 0 saturated carbocycles. The van der Waals surface area contributed by atoms with E-state index in [1.165, 1.54) is 20.8 Å². The van der Waals surface area contributed by atoms with Crippen LogP contribution in [-0.2, 0) is 32.6 Å². The number of piperidine rings is 3. The largest absolute Gasteiger partial charge is 0.355 e. The number of hydrogen-bond donors (Lipinski definition) is 3. The smallest absolute Gasteiger partial charge is 0.216 e. The summed E-state index contributed by atoms with van der Waals surface area (Å²) in [4.78, 5) is 50.3. The summed E-state index contributed by atoms with van der Waals surface area (Å²) >= 11 is 0. The molecule has 0 aromatic carbocycles. The van der Waals surface area contributed by atoms with Gasteiger partial charge in [0.15, 0.2) is 0 Å². The molecule has 11 nitrogen and oxygen atoms in total. The van der Waals surface area contributed by atoms with Crippen molar-refractivity contribution in [2.45, 2.75) is 71.0 Å². The van der Waals surface area contributed by atoms with Gasteiger partial charge in [-0.2, -0.15) is 0 Å². The molecule has 3 saturated heterocycles. The van der Waals surface area contributed by atoms with E-state index in [2.05, 4.69) is 31.2 Å². The Hall–Kier alpha value is -2.82. The van der Waals surface area contributed by atoms with Crippen LogP contribution < -0.4 is 16.0 Å². The Morgan fingerprint density at radius 3 is 1.73 bits per heavy atom. The molecule has 33 heavy (non-hydrogen) atoms. The Morgan fingerprint density at radius 2 is 1.36 bits per heavy atom. The lowest BCUT2D eigenvalue weighted by Gasteiger charge is -2.60. The molecule has 11 heteroatoms. The number of aryl methyl sites for hydroxylation is 1. The minimum absolute atomic E-state index is 0.0123. The Bertz CT molecular complexity index is 830. The molecule has 1 aromatic rings. The molecule has 3 N–H and O–H groups in total. The highest BCUT2D eigenvalue weighted by Crippen LogP contribution is 2.51. The van der Waals surface area contributed by atoms with Crippen molar-refractivity contribution in [1.29, 1.82) is 0 Å². The van der Waals surface area contributed by atoms with Crippen LogP contribution in [0.1, 0.15) is 52.1 Å². The summed E-state index contributed by atoms with van der Waals surface area (Å²) < 4.78 is 1.58. The maximum Gasteiger partial charge on any atom is 0.216 e. The number of Topliss-reactive ketones (excluding diaryl/α,β-unsaturated/α-hetero) is 1. The lowest BCUT2D eigenvalue weighted by molar-refractivity contribution is -0.137. The fourth-order valence-electron chi connectivity index (χ4n) is 5.65. The molecule has 3 fully saturated rings. The third kappa shape index (κ3) is 6.59. The highest BCUT2D eigenvalue weighted by atomic mass is 16.2. The van der Waals surface area contributed by atoms with E-state index in [0.29, 0.717) is 31.7 Å². The number of ketones is 1. The summed E-state index contributed by atoms with van der Waals surface area (Å²) in [5.41, 5.74) is 0.371. The minimum Gasteiger partial charge on any atom is -0.355 e. The summed E-state index contributed by atoms with van der Waals surface area (Å²) in [5.74, 6) is -0.229. The number of nitrogens with one attached hydrogen (secondary N) is 3. The number of carbonyl (C=O) groups excluding carboxylic acids is 4. The van der Waals surface area contributed by atoms with Crippen molar-refractivity contribution in [2.75, 3.05) is 19.6 Å². The maximum atomic E-state index is 13.1. The monoisotopic (exact) mass is 461 g/mol. The van der Waals surface area contributed by atoms with E-state index in [0.717, 1.165) is 19.3 Å². The number of hydrogen-bond acceptors (Lipinski definition) is 7. The Kier molecular flexibility index (Phi) is 7.83. The minimum atomic E-state index is -0.274. The fourth-order valence-corrected chi connectivity index (χ4v) is 5.65. The van der Waals surface area contributed by atoms with Crippen molar-refractivity contribution in [3.05, 3.63) is 11.9 Å². The predicted molar refractivity (Wildman–Crippen MR) is 120 cm³/mol. The van der Waals surface area contributed by atoms with Crippen molar-refractivity contribution < 1.29 is 19.2 Å². The number of carbonyl (C=O) groups is 4. The van der Waals surface area contributed by atoms with Gasteiger partial charge in [0.1, 0.15) is 5.78 Å². The zero-order chi connectivity index (χ0) is 24.2. The first kappa shape index (κ1) is 24.8. The van der Waals surface area contributed by atoms with Gasteiger partial charge in [0, 0.05) is 78.2 Å². The fraction of sp³-hybridized carbons (Fsp3) is 0.727. The van der Waals surface area contributed by atoms with Crippen molar-refractivity contribution >= 4 is 23.5 Å². The first-order valence-corrected chi connectivity index (χ1v) is 11.4. The second-order valence-electron chi connectivity index (χ2n) is 9.61. The molecule has 3 amide bonds. The first-order valence-electron chi connectivity index (χ1n) is 11.4. The number of aromatic nitrogens is 3. The molecule has 0 aliphatic carbocycles. The van der Waals surface area contributed by atoms with Gasteiger partial charge in [-0.1, -0.05) is 5.21 Å². The van der Waals surface area contributed by atoms with Gasteiger partial charge in [-0.3, -0.25) is 28.8 Å². The van der Waals surface area contributed by atoms with E-state index in [-0.39, 0.29) is 53.5 Å². The van der Waals surface area contributed by atoms with Gasteiger partial charge >= 0.3 is 0 Å². The van der Waals surface area contributed by atoms with Crippen LogP contribution in [0.15, 0.2) is 6.20 Å². The van der Waals surface area contributed by atoms with Crippen LogP contribution in [0.4, 0.5) is 0 Å². The molecule has 1 aromatic heterocycles. The van der Waals surface area contributed by atoms with Gasteiger partial charge in [-0.05, 0) is 24.7 Å². The Morgan fingerprint density at radius 1 is 0.909 bits per heavy atom. The first-order chi connectivity index (χ1) is 15.6. The van der Waals surface area contributed by atoms with Gasteiger partial charge in [0.25, 0.3) is 0 Å². The lowest BCUT2D eigenvalue weighted by Crippen LogP contribution is -2.69. The van der Waals surface area contributed by atoms with Crippen molar-refractivity contribution in [3.63, 3.8) is 0 Å². The molecule has 3 unspecified atom stereocenters. The second-order valence-corrected chi connectivity index (χ2v) is 9.61. The molecule has 3 aliphatic rings. The zero-order valence-electron chi connectivity index (χ0n) is 19.9. The molecule has 0 spiro atoms. The van der Waals surface area contributed by atoms with Crippen LogP contribution in [0.25, 0.3) is 0 Å². The van der Waals surface area contributed by atoms with Gasteiger partial charge in [0.05, 0.1) is 12.1 Å². The topological polar surface area (TPSA) is 138 Å². The molecule has 2 bridgehead atoms. The highest BCUT2D eigenvalue weighted by molar-refractivity contribution is 5.81. The van der Waals surface area contributed by atoms with Gasteiger partial charge in [-0.25, -0.2) is 0 Å². The van der Waals surface area contributed by atoms with Crippen LogP contribution in [0.2, 0.25) is 0 Å². The number of nitrogens with zero attached hydrogens (tertiary/aromatic N) is 4. The van der Waals surface area contributed by atoms with E-state index in [1.54, 1.807) is 17.9 Å². The van der Waals surface area contributed by atoms with Crippen LogP contribution >= 0.6 is 0 Å². The van der Waals surface area contributed by atoms with E-state index in [9.17, 15) is 19.2 Å². The molecular weight excluding hydrogens is 426 g/mol. The molecule has 0 radical (unpaired) electrons. The van der Waals surface area contributed by atoms with Crippen LogP contribution in [0.3, 0.4) is 0 Å². The van der Waals surface area contributed by atoms with Gasteiger partial charge in [0.2, 0.25) is 17.7 Å². The molecule has 5 atom stereocenters. The second kappa shape index (κ2) is 10.4. The van der Waals surface area contributed by atoms with Crippen molar-refractivity contribution in [2.24, 2.45) is 12.5 Å². The van der Waals surface area contributed by atoms with Crippen LogP contribution in [0.5, 0.6) is 0 Å². The van der Waals surface area contributed by atoms with Crippen molar-refractivity contribution in [3.8, 4) is 0 Å². The average Bonchev–Trinajstić information content (AvgIpc) is 3.13. The van der Waals surface area contributed by atoms with Crippen molar-refractivity contribution in [1.82, 2.24) is 35.8 Å². The number of amides is 3. The molecule has 4 heterocycles. The summed E-state index contributed by atoms with van der Waals surface area (Å²) in [6, 6.07) is 0.0368. The van der Waals surface area contributed by atoms with Crippen LogP contribution in [0, 0.1) is 5.41 Å². The normalized spacial score (nSPS) is 28.2. The van der Waals surface area contributed by atoms with Gasteiger partial charge < -0.3 is 16.0 Å². The number of rotatable bonds is 10. The molecule has 3 aliphatic heterocycles. The molecular formula is C22H35N7O4. The molecule has 4 rings (SSSR count). The SMILES string of the molecule is CC(=O)NCC1CC2(CC(=O)Cc3cn(C)nn3)C[C@@H](CNC(C)=O)N1[C@@H](CNC(C)=O)C2. The highest BCUT2D eigenvalue weighted by Gasteiger charge is 2.53. The summed E-state index contributed by atoms with van der Waals surface area (Å²) in [6.45, 7) is 5.84. The quantitative estimate of drug-likeness (QED) is 0.419. The van der Waals surface area contributed by atoms with Crippen LogP contribution in [-0.4, -0.2) is 81.2 Å². The maximum absolute atomic E-state index is 13.1. The standard InChI is InChI=1S/C22H35N7O4/c1-14(30)23-10-18-6-22(9-21(33)5-17-13-28(4)27-26-17)7-19(11-24-15(2)31)29(18)20(8-22)12-25-16(3)32/h13,18-20H,5-12H2,1-4H3,(H,23,30)(H,24,31)(H,25,32)/t18-,19+,20?,22?. The van der Waals surface area contributed by atoms with E-state index in [4.69, 9.17) is 0 Å². The summed E-state index contributed by atoms with van der Waals surface area (Å²) in [7, 11) is 1.77.